The minimum absolute atomic E-state index is 0.171. The van der Waals surface area contributed by atoms with Crippen LogP contribution in [-0.2, 0) is 16.1 Å². The van der Waals surface area contributed by atoms with Gasteiger partial charge in [0.15, 0.2) is 0 Å². The topological polar surface area (TPSA) is 88.2 Å². The zero-order valence-electron chi connectivity index (χ0n) is 18.5. The SMILES string of the molecule is COc1cc(NC(=O)C[C@H]2C(=O)N(c3ccc(F)cc3)C(=O)N2Cc2cccs2)cc(OC)c1. The van der Waals surface area contributed by atoms with Gasteiger partial charge in [0.2, 0.25) is 5.91 Å². The number of urea groups is 1. The number of nitrogens with zero attached hydrogens (tertiary/aromatic N) is 2. The molecule has 2 aromatic carbocycles. The maximum atomic E-state index is 13.4. The van der Waals surface area contributed by atoms with Crippen LogP contribution in [0.15, 0.2) is 60.0 Å². The van der Waals surface area contributed by atoms with Crippen molar-refractivity contribution in [2.45, 2.75) is 19.0 Å². The molecule has 0 saturated carbocycles. The van der Waals surface area contributed by atoms with Crippen molar-refractivity contribution in [3.63, 3.8) is 0 Å². The summed E-state index contributed by atoms with van der Waals surface area (Å²) in [4.78, 5) is 42.6. The first-order valence-corrected chi connectivity index (χ1v) is 11.2. The maximum Gasteiger partial charge on any atom is 0.332 e. The Morgan fingerprint density at radius 3 is 2.32 bits per heavy atom. The van der Waals surface area contributed by atoms with E-state index in [-0.39, 0.29) is 18.7 Å². The molecule has 34 heavy (non-hydrogen) atoms. The maximum absolute atomic E-state index is 13.4. The Hall–Kier alpha value is -3.92. The summed E-state index contributed by atoms with van der Waals surface area (Å²) in [6.45, 7) is 0.171. The number of benzene rings is 2. The summed E-state index contributed by atoms with van der Waals surface area (Å²) < 4.78 is 23.8. The van der Waals surface area contributed by atoms with Crippen LogP contribution in [0.1, 0.15) is 11.3 Å². The smallest absolute Gasteiger partial charge is 0.332 e. The number of hydrogen-bond acceptors (Lipinski definition) is 6. The fourth-order valence-electron chi connectivity index (χ4n) is 3.68. The van der Waals surface area contributed by atoms with Crippen molar-refractivity contribution in [2.24, 2.45) is 0 Å². The first kappa shape index (κ1) is 23.2. The van der Waals surface area contributed by atoms with E-state index in [1.54, 1.807) is 18.2 Å². The monoisotopic (exact) mass is 483 g/mol. The van der Waals surface area contributed by atoms with Crippen molar-refractivity contribution in [1.29, 1.82) is 0 Å². The molecule has 8 nitrogen and oxygen atoms in total. The molecule has 1 atom stereocenters. The van der Waals surface area contributed by atoms with Gasteiger partial charge in [-0.3, -0.25) is 9.59 Å². The Labute approximate surface area is 199 Å². The van der Waals surface area contributed by atoms with Crippen molar-refractivity contribution < 1.29 is 28.2 Å². The van der Waals surface area contributed by atoms with Gasteiger partial charge in [-0.15, -0.1) is 11.3 Å². The average Bonchev–Trinajstić information content (AvgIpc) is 3.42. The molecule has 1 aliphatic rings. The summed E-state index contributed by atoms with van der Waals surface area (Å²) in [6.07, 6.45) is -0.257. The van der Waals surface area contributed by atoms with Gasteiger partial charge in [0, 0.05) is 28.8 Å². The molecule has 0 radical (unpaired) electrons. The van der Waals surface area contributed by atoms with Gasteiger partial charge in [-0.25, -0.2) is 14.1 Å². The number of methoxy groups -OCH3 is 2. The first-order chi connectivity index (χ1) is 16.4. The van der Waals surface area contributed by atoms with Crippen molar-refractivity contribution in [2.75, 3.05) is 24.4 Å². The van der Waals surface area contributed by atoms with Crippen LogP contribution in [0, 0.1) is 5.82 Å². The van der Waals surface area contributed by atoms with E-state index < -0.39 is 29.7 Å². The van der Waals surface area contributed by atoms with Crippen LogP contribution in [-0.4, -0.2) is 43.0 Å². The number of halogens is 1. The molecule has 0 aliphatic carbocycles. The highest BCUT2D eigenvalue weighted by Gasteiger charge is 2.46. The number of nitrogens with one attached hydrogen (secondary N) is 1. The predicted octanol–water partition coefficient (Wildman–Crippen LogP) is 4.27. The lowest BCUT2D eigenvalue weighted by molar-refractivity contribution is -0.124. The second-order valence-corrected chi connectivity index (χ2v) is 8.54. The van der Waals surface area contributed by atoms with Crippen molar-refractivity contribution >= 4 is 40.6 Å². The van der Waals surface area contributed by atoms with Gasteiger partial charge in [-0.2, -0.15) is 0 Å². The molecule has 1 fully saturated rings. The number of ether oxygens (including phenoxy) is 2. The molecule has 2 heterocycles. The van der Waals surface area contributed by atoms with Crippen molar-refractivity contribution in [1.82, 2.24) is 4.90 Å². The van der Waals surface area contributed by atoms with Crippen LogP contribution in [0.5, 0.6) is 11.5 Å². The summed E-state index contributed by atoms with van der Waals surface area (Å²) in [7, 11) is 2.99. The zero-order valence-corrected chi connectivity index (χ0v) is 19.3. The Balaban J connectivity index is 1.58. The number of rotatable bonds is 8. The predicted molar refractivity (Wildman–Crippen MR) is 126 cm³/mol. The van der Waals surface area contributed by atoms with Gasteiger partial charge in [0.1, 0.15) is 23.4 Å². The second-order valence-electron chi connectivity index (χ2n) is 7.51. The number of imide groups is 1. The first-order valence-electron chi connectivity index (χ1n) is 10.3. The Kier molecular flexibility index (Phi) is 6.78. The molecule has 0 unspecified atom stereocenters. The summed E-state index contributed by atoms with van der Waals surface area (Å²) in [5.74, 6) is -0.514. The molecule has 1 saturated heterocycles. The normalized spacial score (nSPS) is 15.6. The summed E-state index contributed by atoms with van der Waals surface area (Å²) >= 11 is 1.44. The fourth-order valence-corrected chi connectivity index (χ4v) is 4.38. The van der Waals surface area contributed by atoms with E-state index in [1.807, 2.05) is 17.5 Å². The van der Waals surface area contributed by atoms with Crippen molar-refractivity contribution in [3.05, 3.63) is 70.7 Å². The highest BCUT2D eigenvalue weighted by Crippen LogP contribution is 2.30. The third-order valence-corrected chi connectivity index (χ3v) is 6.18. The molecule has 4 amide bonds. The van der Waals surface area contributed by atoms with Gasteiger partial charge < -0.3 is 19.7 Å². The van der Waals surface area contributed by atoms with Crippen LogP contribution in [0.4, 0.5) is 20.6 Å². The number of thiophene rings is 1. The number of carbonyl (C=O) groups excluding carboxylic acids is 3. The van der Waals surface area contributed by atoms with Crippen molar-refractivity contribution in [3.8, 4) is 11.5 Å². The Morgan fingerprint density at radius 1 is 1.06 bits per heavy atom. The standard InChI is InChI=1S/C24H22FN3O5S/c1-32-18-10-16(11-19(12-18)33-2)26-22(29)13-21-23(30)28(17-7-5-15(25)6-8-17)24(31)27(21)14-20-4-3-9-34-20/h3-12,21H,13-14H2,1-2H3,(H,26,29)/t21-/m0/s1. The van der Waals surface area contributed by atoms with Gasteiger partial charge >= 0.3 is 6.03 Å². The van der Waals surface area contributed by atoms with E-state index in [0.717, 1.165) is 9.78 Å². The number of amides is 4. The van der Waals surface area contributed by atoms with Crippen LogP contribution in [0.3, 0.4) is 0 Å². The second kappa shape index (κ2) is 9.92. The third-order valence-electron chi connectivity index (χ3n) is 5.32. The molecule has 0 bridgehead atoms. The van der Waals surface area contributed by atoms with E-state index in [0.29, 0.717) is 17.2 Å². The lowest BCUT2D eigenvalue weighted by atomic mass is 10.1. The molecule has 1 aliphatic heterocycles. The fraction of sp³-hybridized carbons (Fsp3) is 0.208. The zero-order chi connectivity index (χ0) is 24.2. The van der Waals surface area contributed by atoms with E-state index in [2.05, 4.69) is 5.32 Å². The Morgan fingerprint density at radius 2 is 1.74 bits per heavy atom. The summed E-state index contributed by atoms with van der Waals surface area (Å²) in [6, 6.07) is 12.1. The van der Waals surface area contributed by atoms with Gasteiger partial charge in [0.25, 0.3) is 5.91 Å². The molecule has 10 heteroatoms. The highest BCUT2D eigenvalue weighted by molar-refractivity contribution is 7.09. The van der Waals surface area contributed by atoms with Gasteiger partial charge in [-0.05, 0) is 35.7 Å². The van der Waals surface area contributed by atoms with E-state index in [4.69, 9.17) is 9.47 Å². The molecular formula is C24H22FN3O5S. The summed E-state index contributed by atoms with van der Waals surface area (Å²) in [5.41, 5.74) is 0.672. The largest absolute Gasteiger partial charge is 0.497 e. The number of hydrogen-bond donors (Lipinski definition) is 1. The van der Waals surface area contributed by atoms with Gasteiger partial charge in [0.05, 0.1) is 32.9 Å². The van der Waals surface area contributed by atoms with Gasteiger partial charge in [-0.1, -0.05) is 6.07 Å². The molecule has 1 aromatic heterocycles. The van der Waals surface area contributed by atoms with Crippen LogP contribution >= 0.6 is 11.3 Å². The molecule has 1 N–H and O–H groups in total. The quantitative estimate of drug-likeness (QED) is 0.484. The number of anilines is 2. The van der Waals surface area contributed by atoms with E-state index in [9.17, 15) is 18.8 Å². The average molecular weight is 484 g/mol. The number of carbonyl (C=O) groups is 3. The minimum Gasteiger partial charge on any atom is -0.497 e. The minimum atomic E-state index is -1.02. The van der Waals surface area contributed by atoms with Crippen LogP contribution in [0.25, 0.3) is 0 Å². The molecule has 4 rings (SSSR count). The molecule has 3 aromatic rings. The van der Waals surface area contributed by atoms with E-state index in [1.165, 1.54) is 54.7 Å². The van der Waals surface area contributed by atoms with Crippen LogP contribution in [0.2, 0.25) is 0 Å². The third kappa shape index (κ3) is 4.86. The molecule has 0 spiro atoms. The molecular weight excluding hydrogens is 461 g/mol. The molecule has 176 valence electrons. The van der Waals surface area contributed by atoms with Crippen LogP contribution < -0.4 is 19.7 Å². The summed E-state index contributed by atoms with van der Waals surface area (Å²) in [5, 5.41) is 4.61. The highest BCUT2D eigenvalue weighted by atomic mass is 32.1. The Bertz CT molecular complexity index is 1180. The van der Waals surface area contributed by atoms with E-state index >= 15 is 0 Å². The lowest BCUT2D eigenvalue weighted by Gasteiger charge is -2.21. The lowest BCUT2D eigenvalue weighted by Crippen LogP contribution is -2.37.